The molecule has 5 heterocycles. The molecule has 0 aliphatic carbocycles. The third kappa shape index (κ3) is 4.33. The van der Waals surface area contributed by atoms with Crippen LogP contribution in [0.5, 0.6) is 0 Å². The maximum absolute atomic E-state index is 12.9. The van der Waals surface area contributed by atoms with Crippen molar-refractivity contribution in [3.8, 4) is 0 Å². The minimum atomic E-state index is -1.22. The maximum Gasteiger partial charge on any atom is 0.352 e. The van der Waals surface area contributed by atoms with Crippen molar-refractivity contribution < 1.29 is 24.3 Å². The lowest BCUT2D eigenvalue weighted by molar-refractivity contribution is -0.150. The van der Waals surface area contributed by atoms with Gasteiger partial charge in [-0.15, -0.1) is 38.4 Å². The molecule has 2 amide bonds. The van der Waals surface area contributed by atoms with Gasteiger partial charge in [0, 0.05) is 23.0 Å². The van der Waals surface area contributed by atoms with Crippen molar-refractivity contribution in [3.63, 3.8) is 0 Å². The van der Waals surface area contributed by atoms with Crippen LogP contribution in [0, 0.1) is 0 Å². The van der Waals surface area contributed by atoms with E-state index in [0.717, 1.165) is 11.5 Å². The van der Waals surface area contributed by atoms with Crippen LogP contribution in [-0.4, -0.2) is 92.7 Å². The van der Waals surface area contributed by atoms with Crippen LogP contribution in [-0.2, 0) is 19.2 Å². The quantitative estimate of drug-likeness (QED) is 0.140. The first-order valence-electron chi connectivity index (χ1n) is 10.1. The van der Waals surface area contributed by atoms with Gasteiger partial charge in [0.05, 0.1) is 0 Å². The largest absolute Gasteiger partial charge is 0.477 e. The van der Waals surface area contributed by atoms with Crippen molar-refractivity contribution in [2.45, 2.75) is 16.4 Å². The number of carbonyl (C=O) groups excluding carboxylic acids is 2. The molecule has 1 saturated heterocycles. The van der Waals surface area contributed by atoms with Crippen LogP contribution in [0.2, 0.25) is 0 Å². The molecule has 2 atom stereocenters. The topological polar surface area (TPSA) is 203 Å². The van der Waals surface area contributed by atoms with Crippen molar-refractivity contribution >= 4 is 69.3 Å². The molecule has 0 unspecified atom stereocenters. The number of hydrogen-bond acceptors (Lipinski definition) is 14. The van der Waals surface area contributed by atoms with Crippen LogP contribution in [0.3, 0.4) is 0 Å². The molecular formula is C18H16N10O5S3. The van der Waals surface area contributed by atoms with Crippen LogP contribution in [0.25, 0.3) is 5.65 Å². The van der Waals surface area contributed by atoms with E-state index in [2.05, 4.69) is 35.0 Å². The van der Waals surface area contributed by atoms with E-state index in [1.165, 1.54) is 46.5 Å². The molecule has 3 aromatic rings. The van der Waals surface area contributed by atoms with E-state index in [0.29, 0.717) is 27.8 Å². The summed E-state index contributed by atoms with van der Waals surface area (Å²) in [5.74, 6) is -1.91. The number of nitrogen functional groups attached to an aromatic ring is 1. The number of carboxylic acids is 1. The Morgan fingerprint density at radius 3 is 2.97 bits per heavy atom. The van der Waals surface area contributed by atoms with Crippen LogP contribution >= 0.6 is 35.1 Å². The third-order valence-electron chi connectivity index (χ3n) is 5.11. The van der Waals surface area contributed by atoms with E-state index < -0.39 is 29.2 Å². The number of amides is 2. The minimum absolute atomic E-state index is 0.0418. The molecule has 2 aliphatic rings. The summed E-state index contributed by atoms with van der Waals surface area (Å²) >= 11 is 3.54. The van der Waals surface area contributed by atoms with Gasteiger partial charge in [-0.25, -0.2) is 9.78 Å². The normalized spacial score (nSPS) is 19.8. The number of nitrogens with zero attached hydrogens (tertiary/aromatic N) is 8. The predicted molar refractivity (Wildman–Crippen MR) is 129 cm³/mol. The lowest BCUT2D eigenvalue weighted by atomic mass is 10.0. The molecule has 0 aromatic carbocycles. The van der Waals surface area contributed by atoms with Crippen LogP contribution in [0.1, 0.15) is 5.82 Å². The summed E-state index contributed by atoms with van der Waals surface area (Å²) in [6.07, 6.45) is 1.39. The predicted octanol–water partition coefficient (Wildman–Crippen LogP) is -0.561. The number of nitrogens with two attached hydrogens (primary N) is 1. The molecule has 15 nitrogen and oxygen atoms in total. The van der Waals surface area contributed by atoms with E-state index in [-0.39, 0.29) is 22.4 Å². The Labute approximate surface area is 214 Å². The van der Waals surface area contributed by atoms with Gasteiger partial charge in [-0.3, -0.25) is 14.5 Å². The fourth-order valence-corrected chi connectivity index (χ4v) is 6.32. The monoisotopic (exact) mass is 548 g/mol. The number of rotatable bonds is 8. The number of hydrogen-bond donors (Lipinski definition) is 3. The lowest BCUT2D eigenvalue weighted by Gasteiger charge is -2.49. The number of carbonyl (C=O) groups is 3. The second-order valence-corrected chi connectivity index (χ2v) is 10.1. The first-order valence-corrected chi connectivity index (χ1v) is 12.9. The van der Waals surface area contributed by atoms with Gasteiger partial charge in [0.2, 0.25) is 11.5 Å². The van der Waals surface area contributed by atoms with Gasteiger partial charge in [-0.05, 0) is 17.7 Å². The minimum Gasteiger partial charge on any atom is -0.477 e. The van der Waals surface area contributed by atoms with E-state index in [9.17, 15) is 19.5 Å². The molecule has 2 aliphatic heterocycles. The van der Waals surface area contributed by atoms with Crippen molar-refractivity contribution in [1.29, 1.82) is 0 Å². The van der Waals surface area contributed by atoms with Gasteiger partial charge in [-0.1, -0.05) is 5.16 Å². The Morgan fingerprint density at radius 2 is 2.25 bits per heavy atom. The Kier molecular flexibility index (Phi) is 6.46. The molecule has 0 spiro atoms. The summed E-state index contributed by atoms with van der Waals surface area (Å²) in [7, 11) is 1.25. The molecule has 18 heteroatoms. The highest BCUT2D eigenvalue weighted by molar-refractivity contribution is 8.01. The van der Waals surface area contributed by atoms with Gasteiger partial charge in [-0.2, -0.15) is 9.36 Å². The van der Waals surface area contributed by atoms with Crippen molar-refractivity contribution in [1.82, 2.24) is 39.4 Å². The SMILES string of the molecule is CO/N=C(\C(=O)N[C@@H]1C(=O)N2C(C(=O)O)=C(CSc3ccc4ncnn4n3)CS[C@H]12)c1nsc(N)n1. The zero-order valence-electron chi connectivity index (χ0n) is 18.3. The molecule has 0 saturated carbocycles. The summed E-state index contributed by atoms with van der Waals surface area (Å²) < 4.78 is 5.32. The highest BCUT2D eigenvalue weighted by Crippen LogP contribution is 2.41. The Hall–Kier alpha value is -3.77. The second kappa shape index (κ2) is 9.70. The first kappa shape index (κ1) is 23.9. The smallest absolute Gasteiger partial charge is 0.352 e. The molecule has 0 radical (unpaired) electrons. The van der Waals surface area contributed by atoms with Gasteiger partial charge < -0.3 is 21.0 Å². The van der Waals surface area contributed by atoms with Crippen LogP contribution < -0.4 is 11.1 Å². The number of anilines is 1. The Bertz CT molecular complexity index is 1440. The molecule has 3 aromatic heterocycles. The van der Waals surface area contributed by atoms with Gasteiger partial charge in [0.15, 0.2) is 10.8 Å². The van der Waals surface area contributed by atoms with Crippen molar-refractivity contribution in [3.05, 3.63) is 35.6 Å². The van der Waals surface area contributed by atoms with E-state index in [1.54, 1.807) is 12.1 Å². The molecule has 1 fully saturated rings. The summed E-state index contributed by atoms with van der Waals surface area (Å²) in [5, 5.41) is 24.6. The van der Waals surface area contributed by atoms with Gasteiger partial charge >= 0.3 is 5.97 Å². The summed E-state index contributed by atoms with van der Waals surface area (Å²) in [4.78, 5) is 51.7. The molecule has 186 valence electrons. The van der Waals surface area contributed by atoms with E-state index in [4.69, 9.17) is 10.6 Å². The summed E-state index contributed by atoms with van der Waals surface area (Å²) in [6, 6.07) is 2.56. The Balaban J connectivity index is 1.30. The standard InChI is InChI=1S/C18H16N10O5S3/c1-33-25-10(13-23-18(19)36-26-13)14(29)22-11-15(30)27-12(17(31)32)7(5-35-16(11)27)4-34-9-3-2-8-20-6-21-28(8)24-9/h2-3,6,11,16H,4-5H2,1H3,(H,22,29)(H,31,32)(H2,19,23,26)/b25-10-/t11-,16-/m1/s1. The maximum atomic E-state index is 12.9. The third-order valence-corrected chi connectivity index (χ3v) is 7.99. The van der Waals surface area contributed by atoms with Crippen LogP contribution in [0.15, 0.2) is 39.9 Å². The average molecular weight is 549 g/mol. The molecular weight excluding hydrogens is 532 g/mol. The second-order valence-electron chi connectivity index (χ2n) is 7.26. The van der Waals surface area contributed by atoms with Crippen molar-refractivity contribution in [2.24, 2.45) is 5.16 Å². The van der Waals surface area contributed by atoms with E-state index in [1.807, 2.05) is 0 Å². The highest BCUT2D eigenvalue weighted by Gasteiger charge is 2.54. The summed E-state index contributed by atoms with van der Waals surface area (Å²) in [5.41, 5.74) is 6.39. The molecule has 5 rings (SSSR count). The van der Waals surface area contributed by atoms with E-state index >= 15 is 0 Å². The summed E-state index contributed by atoms with van der Waals surface area (Å²) in [6.45, 7) is 0. The number of nitrogens with one attached hydrogen (secondary N) is 1. The van der Waals surface area contributed by atoms with Crippen LogP contribution in [0.4, 0.5) is 5.13 Å². The Morgan fingerprint density at radius 1 is 1.42 bits per heavy atom. The number of aromatic nitrogens is 6. The number of thioether (sulfide) groups is 2. The zero-order valence-corrected chi connectivity index (χ0v) is 20.7. The fraction of sp³-hybridized carbons (Fsp3) is 0.278. The fourth-order valence-electron chi connectivity index (χ4n) is 3.55. The van der Waals surface area contributed by atoms with Gasteiger partial charge in [0.25, 0.3) is 11.8 Å². The first-order chi connectivity index (χ1) is 17.4. The molecule has 36 heavy (non-hydrogen) atoms. The molecule has 4 N–H and O–H groups in total. The van der Waals surface area contributed by atoms with Crippen molar-refractivity contribution in [2.75, 3.05) is 24.3 Å². The average Bonchev–Trinajstić information content (AvgIpc) is 3.51. The number of β-lactam (4-membered cyclic amide) rings is 1. The molecule has 0 bridgehead atoms. The zero-order chi connectivity index (χ0) is 25.4. The number of carboxylic acid groups (broad SMARTS) is 1. The number of oxime groups is 1. The number of fused-ring (bicyclic) bond motifs is 2. The number of aliphatic carboxylic acids is 1. The highest BCUT2D eigenvalue weighted by atomic mass is 32.2. The lowest BCUT2D eigenvalue weighted by Crippen LogP contribution is -2.71. The van der Waals surface area contributed by atoms with Gasteiger partial charge in [0.1, 0.15) is 35.6 Å².